The van der Waals surface area contributed by atoms with E-state index in [2.05, 4.69) is 0 Å². The summed E-state index contributed by atoms with van der Waals surface area (Å²) < 4.78 is 26.4. The Balaban J connectivity index is 3.47. The topological polar surface area (TPSA) is 66.9 Å². The summed E-state index contributed by atoms with van der Waals surface area (Å²) in [6.07, 6.45) is 1.96. The van der Waals surface area contributed by atoms with Gasteiger partial charge in [0, 0.05) is 23.6 Å². The third-order valence-corrected chi connectivity index (χ3v) is 1.84. The summed E-state index contributed by atoms with van der Waals surface area (Å²) in [5.41, 5.74) is 4.55. The highest BCUT2D eigenvalue weighted by atomic mass is 19.1. The van der Waals surface area contributed by atoms with Crippen LogP contribution in [-0.4, -0.2) is 12.5 Å². The van der Waals surface area contributed by atoms with Gasteiger partial charge >= 0.3 is 0 Å². The zero-order chi connectivity index (χ0) is 11.4. The molecule has 0 atom stereocenters. The van der Waals surface area contributed by atoms with Gasteiger partial charge in [-0.15, -0.1) is 0 Å². The van der Waals surface area contributed by atoms with E-state index >= 15 is 0 Å². The highest BCUT2D eigenvalue weighted by molar-refractivity contribution is 6.08. The van der Waals surface area contributed by atoms with E-state index in [1.54, 1.807) is 0 Å². The summed E-state index contributed by atoms with van der Waals surface area (Å²) in [7, 11) is 0. The van der Waals surface area contributed by atoms with E-state index in [0.717, 1.165) is 24.5 Å². The van der Waals surface area contributed by atoms with Crippen molar-refractivity contribution in [2.75, 3.05) is 0 Å². The number of aldehydes is 1. The van der Waals surface area contributed by atoms with Crippen LogP contribution in [0.2, 0.25) is 0 Å². The molecule has 1 rings (SSSR count). The Morgan fingerprint density at radius 3 is 2.53 bits per heavy atom. The number of nitrogens with one attached hydrogen (secondary N) is 1. The molecule has 0 aromatic heterocycles. The highest BCUT2D eigenvalue weighted by Gasteiger charge is 2.12. The van der Waals surface area contributed by atoms with Crippen LogP contribution >= 0.6 is 0 Å². The van der Waals surface area contributed by atoms with Crippen molar-refractivity contribution in [3.63, 3.8) is 0 Å². The second kappa shape index (κ2) is 4.45. The molecule has 0 radical (unpaired) electrons. The number of rotatable bonds is 3. The second-order valence-electron chi connectivity index (χ2n) is 2.74. The minimum absolute atomic E-state index is 0.00935. The third-order valence-electron chi connectivity index (χ3n) is 1.84. The maximum atomic E-state index is 13.5. The Hall–Kier alpha value is -2.04. The lowest BCUT2D eigenvalue weighted by Crippen LogP contribution is -2.00. The van der Waals surface area contributed by atoms with Crippen LogP contribution in [0.5, 0.6) is 0 Å². The van der Waals surface area contributed by atoms with Crippen LogP contribution in [-0.2, 0) is 0 Å². The van der Waals surface area contributed by atoms with Gasteiger partial charge in [0.1, 0.15) is 11.6 Å². The second-order valence-corrected chi connectivity index (χ2v) is 2.74. The first-order valence-corrected chi connectivity index (χ1v) is 4.01. The monoisotopic (exact) mass is 210 g/mol. The molecule has 0 unspecified atom stereocenters. The third kappa shape index (κ3) is 2.07. The number of benzene rings is 1. The lowest BCUT2D eigenvalue weighted by Gasteiger charge is -2.05. The number of hydrogen-bond acceptors (Lipinski definition) is 3. The molecule has 0 bridgehead atoms. The summed E-state index contributed by atoms with van der Waals surface area (Å²) in [5.74, 6) is -1.64. The molecule has 0 spiro atoms. The van der Waals surface area contributed by atoms with Crippen LogP contribution in [0.15, 0.2) is 18.3 Å². The quantitative estimate of drug-likeness (QED) is 0.589. The fraction of sp³-hybridized carbons (Fsp3) is 0. The molecule has 0 fully saturated rings. The summed E-state index contributed by atoms with van der Waals surface area (Å²) in [6.45, 7) is 0. The zero-order valence-electron chi connectivity index (χ0n) is 7.63. The highest BCUT2D eigenvalue weighted by Crippen LogP contribution is 2.20. The van der Waals surface area contributed by atoms with E-state index in [9.17, 15) is 13.6 Å². The van der Waals surface area contributed by atoms with Crippen molar-refractivity contribution in [3.8, 4) is 0 Å². The van der Waals surface area contributed by atoms with Gasteiger partial charge in [-0.2, -0.15) is 0 Å². The predicted octanol–water partition coefficient (Wildman–Crippen LogP) is 1.73. The minimum atomic E-state index is -0.883. The Kier molecular flexibility index (Phi) is 3.28. The smallest absolute Gasteiger partial charge is 0.153 e. The first-order chi connectivity index (χ1) is 7.13. The maximum Gasteiger partial charge on any atom is 0.153 e. The molecule has 0 aliphatic carbocycles. The molecule has 78 valence electrons. The zero-order valence-corrected chi connectivity index (χ0v) is 7.63. The van der Waals surface area contributed by atoms with Gasteiger partial charge in [-0.05, 0) is 12.1 Å². The molecule has 0 aliphatic heterocycles. The molecule has 0 heterocycles. The van der Waals surface area contributed by atoms with Crippen molar-refractivity contribution in [3.05, 3.63) is 41.1 Å². The van der Waals surface area contributed by atoms with E-state index in [-0.39, 0.29) is 17.4 Å². The number of allylic oxidation sites excluding steroid dienone is 1. The predicted molar refractivity (Wildman–Crippen MR) is 52.7 cm³/mol. The van der Waals surface area contributed by atoms with Crippen LogP contribution in [0.4, 0.5) is 8.78 Å². The van der Waals surface area contributed by atoms with Crippen molar-refractivity contribution in [2.24, 2.45) is 5.73 Å². The molecule has 3 N–H and O–H groups in total. The largest absolute Gasteiger partial charge is 0.404 e. The molecule has 5 heteroatoms. The molecule has 0 amide bonds. The Morgan fingerprint density at radius 1 is 1.40 bits per heavy atom. The van der Waals surface area contributed by atoms with Crippen LogP contribution in [0.3, 0.4) is 0 Å². The lowest BCUT2D eigenvalue weighted by atomic mass is 10.0. The average molecular weight is 210 g/mol. The molecule has 0 saturated carbocycles. The van der Waals surface area contributed by atoms with Crippen molar-refractivity contribution < 1.29 is 13.6 Å². The van der Waals surface area contributed by atoms with Crippen LogP contribution in [0, 0.1) is 17.0 Å². The molecular formula is C10H8F2N2O. The van der Waals surface area contributed by atoms with Gasteiger partial charge in [-0.1, -0.05) is 0 Å². The molecule has 0 aliphatic rings. The lowest BCUT2D eigenvalue weighted by molar-refractivity contribution is 0.111. The number of hydrogen-bond donors (Lipinski definition) is 2. The fourth-order valence-electron chi connectivity index (χ4n) is 1.12. The van der Waals surface area contributed by atoms with Crippen molar-refractivity contribution >= 4 is 18.1 Å². The van der Waals surface area contributed by atoms with Gasteiger partial charge in [-0.3, -0.25) is 4.79 Å². The number of carbonyl (C=O) groups excluding carboxylic acids is 1. The molecular weight excluding hydrogens is 202 g/mol. The summed E-state index contributed by atoms with van der Waals surface area (Å²) in [5, 5.41) is 6.94. The molecule has 1 aromatic rings. The molecule has 1 aromatic carbocycles. The van der Waals surface area contributed by atoms with Gasteiger partial charge < -0.3 is 11.1 Å². The number of carbonyl (C=O) groups is 1. The standard InChI is InChI=1S/C10H8F2N2O/c11-8-1-6(5-15)10(12)9(2-8)7(3-13)4-14/h1-5,13H,14H2. The SMILES string of the molecule is N=CC(=CN)c1cc(F)cc(C=O)c1F. The van der Waals surface area contributed by atoms with Crippen molar-refractivity contribution in [1.82, 2.24) is 0 Å². The van der Waals surface area contributed by atoms with E-state index < -0.39 is 17.2 Å². The Morgan fingerprint density at radius 2 is 2.07 bits per heavy atom. The van der Waals surface area contributed by atoms with Crippen LogP contribution < -0.4 is 5.73 Å². The van der Waals surface area contributed by atoms with E-state index in [1.165, 1.54) is 0 Å². The number of nitrogens with two attached hydrogens (primary N) is 1. The summed E-state index contributed by atoms with van der Waals surface area (Å²) >= 11 is 0. The first kappa shape index (κ1) is 11.0. The Labute approximate surface area is 84.7 Å². The normalized spacial score (nSPS) is 11.2. The van der Waals surface area contributed by atoms with E-state index in [0.29, 0.717) is 0 Å². The molecule has 0 saturated heterocycles. The van der Waals surface area contributed by atoms with Gasteiger partial charge in [-0.25, -0.2) is 8.78 Å². The van der Waals surface area contributed by atoms with E-state index in [1.807, 2.05) is 0 Å². The van der Waals surface area contributed by atoms with Gasteiger partial charge in [0.05, 0.1) is 5.56 Å². The van der Waals surface area contributed by atoms with E-state index in [4.69, 9.17) is 11.1 Å². The van der Waals surface area contributed by atoms with Crippen LogP contribution in [0.25, 0.3) is 5.57 Å². The van der Waals surface area contributed by atoms with Gasteiger partial charge in [0.25, 0.3) is 0 Å². The molecule has 3 nitrogen and oxygen atoms in total. The fourth-order valence-corrected chi connectivity index (χ4v) is 1.12. The first-order valence-electron chi connectivity index (χ1n) is 4.01. The maximum absolute atomic E-state index is 13.5. The van der Waals surface area contributed by atoms with Gasteiger partial charge in [0.15, 0.2) is 6.29 Å². The van der Waals surface area contributed by atoms with Crippen LogP contribution in [0.1, 0.15) is 15.9 Å². The van der Waals surface area contributed by atoms with Gasteiger partial charge in [0.2, 0.25) is 0 Å². The Bertz CT molecular complexity index is 441. The van der Waals surface area contributed by atoms with Crippen molar-refractivity contribution in [2.45, 2.75) is 0 Å². The number of halogens is 2. The summed E-state index contributed by atoms with van der Waals surface area (Å²) in [6, 6.07) is 1.66. The van der Waals surface area contributed by atoms with Crippen molar-refractivity contribution in [1.29, 1.82) is 5.41 Å². The average Bonchev–Trinajstić information content (AvgIpc) is 2.24. The molecule has 15 heavy (non-hydrogen) atoms. The minimum Gasteiger partial charge on any atom is -0.404 e. The summed E-state index contributed by atoms with van der Waals surface area (Å²) in [4.78, 5) is 10.4.